The molecule has 1 unspecified atom stereocenters. The van der Waals surface area contributed by atoms with Crippen LogP contribution in [0.1, 0.15) is 25.1 Å². The minimum atomic E-state index is -0.383. The molecule has 6 nitrogen and oxygen atoms in total. The van der Waals surface area contributed by atoms with Gasteiger partial charge in [0.2, 0.25) is 5.91 Å². The molecule has 1 aromatic rings. The van der Waals surface area contributed by atoms with Gasteiger partial charge in [-0.25, -0.2) is 4.79 Å². The molecule has 1 fully saturated rings. The monoisotopic (exact) mass is 277 g/mol. The maximum atomic E-state index is 12.5. The van der Waals surface area contributed by atoms with Crippen molar-refractivity contribution in [3.05, 3.63) is 24.0 Å². The lowest BCUT2D eigenvalue weighted by atomic mass is 10.1. The number of amides is 2. The van der Waals surface area contributed by atoms with Crippen LogP contribution in [0.2, 0.25) is 0 Å². The molecule has 0 bridgehead atoms. The second-order valence-electron chi connectivity index (χ2n) is 5.17. The van der Waals surface area contributed by atoms with Gasteiger partial charge in [-0.3, -0.25) is 9.69 Å². The van der Waals surface area contributed by atoms with Gasteiger partial charge in [-0.15, -0.1) is 0 Å². The quantitative estimate of drug-likeness (QED) is 0.835. The van der Waals surface area contributed by atoms with E-state index in [0.717, 1.165) is 13.0 Å². The van der Waals surface area contributed by atoms with Gasteiger partial charge in [-0.2, -0.15) is 0 Å². The summed E-state index contributed by atoms with van der Waals surface area (Å²) >= 11 is 0. The number of hydrogen-bond acceptors (Lipinski definition) is 3. The number of hydrogen-bond donors (Lipinski definition) is 0. The van der Waals surface area contributed by atoms with E-state index in [4.69, 9.17) is 4.74 Å². The normalized spacial score (nSPS) is 21.9. The van der Waals surface area contributed by atoms with Gasteiger partial charge in [-0.05, 0) is 18.6 Å². The Hall–Kier alpha value is -1.98. The van der Waals surface area contributed by atoms with Gasteiger partial charge in [-0.1, -0.05) is 6.92 Å². The fraction of sp³-hybridized carbons (Fsp3) is 0.571. The molecule has 0 aliphatic carbocycles. The number of rotatable bonds is 3. The molecule has 2 aliphatic rings. The van der Waals surface area contributed by atoms with Gasteiger partial charge in [0.15, 0.2) is 0 Å². The molecule has 2 aliphatic heterocycles. The van der Waals surface area contributed by atoms with E-state index in [2.05, 4.69) is 23.8 Å². The lowest BCUT2D eigenvalue weighted by Crippen LogP contribution is -2.46. The van der Waals surface area contributed by atoms with Gasteiger partial charge in [0.25, 0.3) is 0 Å². The highest BCUT2D eigenvalue weighted by Crippen LogP contribution is 2.28. The van der Waals surface area contributed by atoms with E-state index in [1.807, 2.05) is 11.0 Å². The predicted octanol–water partition coefficient (Wildman–Crippen LogP) is 1.23. The molecular weight excluding hydrogens is 258 g/mol. The van der Waals surface area contributed by atoms with E-state index in [1.165, 1.54) is 10.6 Å². The van der Waals surface area contributed by atoms with E-state index < -0.39 is 0 Å². The Bertz CT molecular complexity index is 525. The Balaban J connectivity index is 1.73. The predicted molar refractivity (Wildman–Crippen MR) is 72.1 cm³/mol. The van der Waals surface area contributed by atoms with Crippen LogP contribution < -0.4 is 0 Å². The highest BCUT2D eigenvalue weighted by Gasteiger charge is 2.32. The Morgan fingerprint density at radius 3 is 2.95 bits per heavy atom. The molecule has 1 aromatic heterocycles. The molecule has 1 atom stereocenters. The molecule has 0 N–H and O–H groups in total. The van der Waals surface area contributed by atoms with Crippen molar-refractivity contribution in [2.24, 2.45) is 0 Å². The van der Waals surface area contributed by atoms with E-state index in [0.29, 0.717) is 19.7 Å². The third-order valence-electron chi connectivity index (χ3n) is 4.04. The first-order valence-corrected chi connectivity index (χ1v) is 7.07. The van der Waals surface area contributed by atoms with Crippen LogP contribution in [0.3, 0.4) is 0 Å². The molecule has 0 saturated carbocycles. The van der Waals surface area contributed by atoms with Crippen molar-refractivity contribution >= 4 is 12.0 Å². The summed E-state index contributed by atoms with van der Waals surface area (Å²) in [7, 11) is 0. The van der Waals surface area contributed by atoms with Crippen molar-refractivity contribution in [3.8, 4) is 0 Å². The van der Waals surface area contributed by atoms with Gasteiger partial charge >= 0.3 is 6.09 Å². The van der Waals surface area contributed by atoms with Crippen molar-refractivity contribution in [1.29, 1.82) is 0 Å². The zero-order chi connectivity index (χ0) is 14.1. The number of nitrogens with zero attached hydrogens (tertiary/aromatic N) is 3. The van der Waals surface area contributed by atoms with Crippen molar-refractivity contribution in [2.75, 3.05) is 26.2 Å². The summed E-state index contributed by atoms with van der Waals surface area (Å²) in [6, 6.07) is 4.19. The van der Waals surface area contributed by atoms with Crippen LogP contribution in [0, 0.1) is 0 Å². The van der Waals surface area contributed by atoms with Gasteiger partial charge in [0.1, 0.15) is 13.2 Å². The lowest BCUT2D eigenvalue weighted by molar-refractivity contribution is -0.135. The third kappa shape index (κ3) is 2.15. The zero-order valence-corrected chi connectivity index (χ0v) is 11.6. The number of ether oxygens (including phenoxy) is 1. The van der Waals surface area contributed by atoms with E-state index in [1.54, 1.807) is 0 Å². The summed E-state index contributed by atoms with van der Waals surface area (Å²) < 4.78 is 7.06. The third-order valence-corrected chi connectivity index (χ3v) is 4.04. The molecule has 3 rings (SSSR count). The smallest absolute Gasteiger partial charge is 0.410 e. The second-order valence-corrected chi connectivity index (χ2v) is 5.17. The SMILES string of the molecule is CCC1c2cccn2CCN1C(=O)CN1CCOC1=O. The number of fused-ring (bicyclic) bond motifs is 1. The first kappa shape index (κ1) is 13.0. The summed E-state index contributed by atoms with van der Waals surface area (Å²) in [6.07, 6.45) is 2.55. The van der Waals surface area contributed by atoms with Crippen LogP contribution in [0.5, 0.6) is 0 Å². The Labute approximate surface area is 117 Å². The van der Waals surface area contributed by atoms with Gasteiger partial charge < -0.3 is 14.2 Å². The highest BCUT2D eigenvalue weighted by molar-refractivity contribution is 5.83. The molecule has 0 radical (unpaired) electrons. The molecule has 20 heavy (non-hydrogen) atoms. The van der Waals surface area contributed by atoms with Crippen molar-refractivity contribution in [2.45, 2.75) is 25.9 Å². The molecule has 1 saturated heterocycles. The first-order valence-electron chi connectivity index (χ1n) is 7.07. The molecule has 108 valence electrons. The van der Waals surface area contributed by atoms with Crippen LogP contribution >= 0.6 is 0 Å². The molecule has 0 aromatic carbocycles. The minimum Gasteiger partial charge on any atom is -0.448 e. The van der Waals surface area contributed by atoms with Gasteiger partial charge in [0, 0.05) is 25.0 Å². The molecule has 0 spiro atoms. The van der Waals surface area contributed by atoms with Crippen molar-refractivity contribution in [1.82, 2.24) is 14.4 Å². The van der Waals surface area contributed by atoms with E-state index in [9.17, 15) is 9.59 Å². The van der Waals surface area contributed by atoms with E-state index in [-0.39, 0.29) is 24.6 Å². The maximum absolute atomic E-state index is 12.5. The first-order chi connectivity index (χ1) is 9.70. The van der Waals surface area contributed by atoms with Crippen LogP contribution in [0.15, 0.2) is 18.3 Å². The average Bonchev–Trinajstić information content (AvgIpc) is 3.07. The summed E-state index contributed by atoms with van der Waals surface area (Å²) in [6.45, 7) is 4.60. The fourth-order valence-electron chi connectivity index (χ4n) is 3.02. The standard InChI is InChI=1S/C14H19N3O3/c1-2-11-12-4-3-5-15(12)6-7-17(11)13(18)10-16-8-9-20-14(16)19/h3-5,11H,2,6-10H2,1H3. The van der Waals surface area contributed by atoms with Crippen molar-refractivity contribution < 1.29 is 14.3 Å². The van der Waals surface area contributed by atoms with Gasteiger partial charge in [0.05, 0.1) is 12.6 Å². The Morgan fingerprint density at radius 2 is 2.25 bits per heavy atom. The lowest BCUT2D eigenvalue weighted by Gasteiger charge is -2.37. The minimum absolute atomic E-state index is 0.00292. The van der Waals surface area contributed by atoms with Crippen LogP contribution in [-0.2, 0) is 16.1 Å². The fourth-order valence-corrected chi connectivity index (χ4v) is 3.02. The summed E-state index contributed by atoms with van der Waals surface area (Å²) in [4.78, 5) is 27.3. The zero-order valence-electron chi connectivity index (χ0n) is 11.6. The number of cyclic esters (lactones) is 1. The number of carbonyl (C=O) groups is 2. The average molecular weight is 277 g/mol. The van der Waals surface area contributed by atoms with E-state index >= 15 is 0 Å². The maximum Gasteiger partial charge on any atom is 0.410 e. The Kier molecular flexibility index (Phi) is 3.38. The molecule has 2 amide bonds. The molecule has 3 heterocycles. The summed E-state index contributed by atoms with van der Waals surface area (Å²) in [5.74, 6) is 0.00292. The van der Waals surface area contributed by atoms with Crippen LogP contribution in [0.4, 0.5) is 4.79 Å². The second kappa shape index (κ2) is 5.19. The Morgan fingerprint density at radius 1 is 1.40 bits per heavy atom. The molecule has 6 heteroatoms. The molecular formula is C14H19N3O3. The van der Waals surface area contributed by atoms with Crippen LogP contribution in [-0.4, -0.2) is 52.6 Å². The largest absolute Gasteiger partial charge is 0.448 e. The van der Waals surface area contributed by atoms with Crippen LogP contribution in [0.25, 0.3) is 0 Å². The topological polar surface area (TPSA) is 54.8 Å². The number of aromatic nitrogens is 1. The summed E-state index contributed by atoms with van der Waals surface area (Å²) in [5.41, 5.74) is 1.18. The van der Waals surface area contributed by atoms with Crippen molar-refractivity contribution in [3.63, 3.8) is 0 Å². The highest BCUT2D eigenvalue weighted by atomic mass is 16.6. The summed E-state index contributed by atoms with van der Waals surface area (Å²) in [5, 5.41) is 0. The number of carbonyl (C=O) groups excluding carboxylic acids is 2.